The van der Waals surface area contributed by atoms with Crippen LogP contribution >= 0.6 is 0 Å². The summed E-state index contributed by atoms with van der Waals surface area (Å²) >= 11 is 0. The maximum atomic E-state index is 11.1. The summed E-state index contributed by atoms with van der Waals surface area (Å²) in [6.45, 7) is 7.91. The standard InChI is InChI=1S/C23H29N3O2/c1-17-11-12-18(2)22(16-17)28-15-7-14-26-21-9-5-4-8-20(21)25-23(26)10-6-13-24-19(3)27/h4-5,8-9,11-12,16H,6-7,10,13-15H2,1-3H3,(H,24,27). The number of aryl methyl sites for hydroxylation is 4. The molecular formula is C23H29N3O2. The highest BCUT2D eigenvalue weighted by Crippen LogP contribution is 2.20. The molecule has 0 radical (unpaired) electrons. The zero-order valence-corrected chi connectivity index (χ0v) is 17.0. The van der Waals surface area contributed by atoms with E-state index in [1.165, 1.54) is 5.56 Å². The molecule has 0 fully saturated rings. The van der Waals surface area contributed by atoms with E-state index in [1.54, 1.807) is 6.92 Å². The molecule has 0 atom stereocenters. The quantitative estimate of drug-likeness (QED) is 0.567. The van der Waals surface area contributed by atoms with Crippen molar-refractivity contribution in [3.05, 3.63) is 59.4 Å². The third-order valence-electron chi connectivity index (χ3n) is 4.81. The van der Waals surface area contributed by atoms with Gasteiger partial charge < -0.3 is 14.6 Å². The first kappa shape index (κ1) is 19.9. The number of ether oxygens (including phenoxy) is 1. The SMILES string of the molecule is CC(=O)NCCCc1nc2ccccc2n1CCCOc1cc(C)ccc1C. The minimum Gasteiger partial charge on any atom is -0.493 e. The van der Waals surface area contributed by atoms with Crippen molar-refractivity contribution >= 4 is 16.9 Å². The molecule has 1 heterocycles. The number of nitrogens with zero attached hydrogens (tertiary/aromatic N) is 2. The first-order valence-corrected chi connectivity index (χ1v) is 9.93. The zero-order chi connectivity index (χ0) is 19.9. The molecule has 0 aliphatic carbocycles. The molecule has 2 aromatic carbocycles. The van der Waals surface area contributed by atoms with Crippen molar-refractivity contribution in [1.29, 1.82) is 0 Å². The lowest BCUT2D eigenvalue weighted by Crippen LogP contribution is -2.21. The van der Waals surface area contributed by atoms with Crippen LogP contribution in [0, 0.1) is 13.8 Å². The lowest BCUT2D eigenvalue weighted by atomic mass is 10.1. The molecule has 0 bridgehead atoms. The number of aromatic nitrogens is 2. The van der Waals surface area contributed by atoms with Crippen LogP contribution in [0.5, 0.6) is 5.75 Å². The summed E-state index contributed by atoms with van der Waals surface area (Å²) in [6.07, 6.45) is 2.63. The number of imidazole rings is 1. The Labute approximate surface area is 166 Å². The normalized spacial score (nSPS) is 11.0. The highest BCUT2D eigenvalue weighted by Gasteiger charge is 2.10. The summed E-state index contributed by atoms with van der Waals surface area (Å²) in [5, 5.41) is 2.85. The van der Waals surface area contributed by atoms with E-state index in [1.807, 2.05) is 12.1 Å². The smallest absolute Gasteiger partial charge is 0.216 e. The van der Waals surface area contributed by atoms with E-state index in [0.29, 0.717) is 13.2 Å². The van der Waals surface area contributed by atoms with Gasteiger partial charge >= 0.3 is 0 Å². The van der Waals surface area contributed by atoms with Gasteiger partial charge in [-0.25, -0.2) is 4.98 Å². The highest BCUT2D eigenvalue weighted by atomic mass is 16.5. The summed E-state index contributed by atoms with van der Waals surface area (Å²) < 4.78 is 8.30. The van der Waals surface area contributed by atoms with Gasteiger partial charge in [0.05, 0.1) is 17.6 Å². The molecule has 1 amide bonds. The van der Waals surface area contributed by atoms with E-state index in [4.69, 9.17) is 9.72 Å². The van der Waals surface area contributed by atoms with E-state index in [-0.39, 0.29) is 5.91 Å². The van der Waals surface area contributed by atoms with Gasteiger partial charge in [-0.3, -0.25) is 4.79 Å². The van der Waals surface area contributed by atoms with Crippen molar-refractivity contribution in [2.24, 2.45) is 0 Å². The molecule has 0 spiro atoms. The van der Waals surface area contributed by atoms with Gasteiger partial charge in [0.1, 0.15) is 11.6 Å². The Kier molecular flexibility index (Phi) is 6.69. The zero-order valence-electron chi connectivity index (χ0n) is 17.0. The van der Waals surface area contributed by atoms with Crippen LogP contribution in [0.2, 0.25) is 0 Å². The second kappa shape index (κ2) is 9.40. The van der Waals surface area contributed by atoms with E-state index in [0.717, 1.165) is 54.0 Å². The number of rotatable bonds is 9. The van der Waals surface area contributed by atoms with Crippen molar-refractivity contribution < 1.29 is 9.53 Å². The number of nitrogens with one attached hydrogen (secondary N) is 1. The van der Waals surface area contributed by atoms with Crippen LogP contribution < -0.4 is 10.1 Å². The van der Waals surface area contributed by atoms with Gasteiger partial charge in [0.2, 0.25) is 5.91 Å². The summed E-state index contributed by atoms with van der Waals surface area (Å²) in [5.74, 6) is 2.04. The Morgan fingerprint density at radius 3 is 2.79 bits per heavy atom. The van der Waals surface area contributed by atoms with Crippen LogP contribution in [-0.2, 0) is 17.8 Å². The molecule has 0 saturated carbocycles. The number of hydrogen-bond acceptors (Lipinski definition) is 3. The van der Waals surface area contributed by atoms with Crippen LogP contribution in [0.1, 0.15) is 36.7 Å². The number of amides is 1. The molecule has 1 aromatic heterocycles. The van der Waals surface area contributed by atoms with E-state index >= 15 is 0 Å². The van der Waals surface area contributed by atoms with Gasteiger partial charge in [-0.2, -0.15) is 0 Å². The number of fused-ring (bicyclic) bond motifs is 1. The predicted molar refractivity (Wildman–Crippen MR) is 113 cm³/mol. The second-order valence-electron chi connectivity index (χ2n) is 7.23. The Morgan fingerprint density at radius 2 is 1.96 bits per heavy atom. The first-order valence-electron chi connectivity index (χ1n) is 9.93. The number of carbonyl (C=O) groups excluding carboxylic acids is 1. The summed E-state index contributed by atoms with van der Waals surface area (Å²) in [5.41, 5.74) is 4.55. The van der Waals surface area contributed by atoms with Crippen molar-refractivity contribution in [1.82, 2.24) is 14.9 Å². The van der Waals surface area contributed by atoms with Crippen molar-refractivity contribution in [2.45, 2.75) is 46.6 Å². The van der Waals surface area contributed by atoms with Crippen LogP contribution in [0.15, 0.2) is 42.5 Å². The van der Waals surface area contributed by atoms with Gasteiger partial charge in [0.15, 0.2) is 0 Å². The lowest BCUT2D eigenvalue weighted by Gasteiger charge is -2.12. The van der Waals surface area contributed by atoms with Gasteiger partial charge in [-0.1, -0.05) is 24.3 Å². The third-order valence-corrected chi connectivity index (χ3v) is 4.81. The Morgan fingerprint density at radius 1 is 1.14 bits per heavy atom. The van der Waals surface area contributed by atoms with E-state index in [2.05, 4.69) is 54.1 Å². The molecule has 0 saturated heterocycles. The predicted octanol–water partition coefficient (Wildman–Crippen LogP) is 4.19. The van der Waals surface area contributed by atoms with Crippen LogP contribution in [0.3, 0.4) is 0 Å². The largest absolute Gasteiger partial charge is 0.493 e. The fraction of sp³-hybridized carbons (Fsp3) is 0.391. The van der Waals surface area contributed by atoms with Gasteiger partial charge in [0, 0.05) is 26.4 Å². The minimum atomic E-state index is 0.0112. The number of para-hydroxylation sites is 2. The average Bonchev–Trinajstić information content (AvgIpc) is 3.02. The highest BCUT2D eigenvalue weighted by molar-refractivity contribution is 5.76. The van der Waals surface area contributed by atoms with Crippen molar-refractivity contribution in [3.8, 4) is 5.75 Å². The topological polar surface area (TPSA) is 56.2 Å². The molecule has 0 aliphatic heterocycles. The van der Waals surface area contributed by atoms with E-state index < -0.39 is 0 Å². The summed E-state index contributed by atoms with van der Waals surface area (Å²) in [7, 11) is 0. The van der Waals surface area contributed by atoms with Crippen LogP contribution in [0.4, 0.5) is 0 Å². The van der Waals surface area contributed by atoms with Gasteiger partial charge in [-0.15, -0.1) is 0 Å². The Bertz CT molecular complexity index is 946. The summed E-state index contributed by atoms with van der Waals surface area (Å²) in [6, 6.07) is 14.5. The second-order valence-corrected chi connectivity index (χ2v) is 7.23. The van der Waals surface area contributed by atoms with Gasteiger partial charge in [0.25, 0.3) is 0 Å². The average molecular weight is 380 g/mol. The van der Waals surface area contributed by atoms with Crippen LogP contribution in [0.25, 0.3) is 11.0 Å². The molecule has 0 aliphatic rings. The number of carbonyl (C=O) groups is 1. The number of hydrogen-bond donors (Lipinski definition) is 1. The molecule has 1 N–H and O–H groups in total. The maximum Gasteiger partial charge on any atom is 0.216 e. The van der Waals surface area contributed by atoms with Crippen LogP contribution in [-0.4, -0.2) is 28.6 Å². The molecule has 3 aromatic rings. The molecule has 148 valence electrons. The fourth-order valence-electron chi connectivity index (χ4n) is 3.34. The number of benzene rings is 2. The van der Waals surface area contributed by atoms with Crippen molar-refractivity contribution in [2.75, 3.05) is 13.2 Å². The molecular weight excluding hydrogens is 350 g/mol. The van der Waals surface area contributed by atoms with E-state index in [9.17, 15) is 4.79 Å². The van der Waals surface area contributed by atoms with Crippen molar-refractivity contribution in [3.63, 3.8) is 0 Å². The minimum absolute atomic E-state index is 0.0112. The van der Waals surface area contributed by atoms with Gasteiger partial charge in [-0.05, 0) is 56.0 Å². The Balaban J connectivity index is 1.63. The fourth-order valence-corrected chi connectivity index (χ4v) is 3.34. The monoisotopic (exact) mass is 379 g/mol. The molecule has 0 unspecified atom stereocenters. The molecule has 5 heteroatoms. The summed E-state index contributed by atoms with van der Waals surface area (Å²) in [4.78, 5) is 15.9. The third kappa shape index (κ3) is 5.12. The first-order chi connectivity index (χ1) is 13.5. The molecule has 28 heavy (non-hydrogen) atoms. The molecule has 3 rings (SSSR count). The lowest BCUT2D eigenvalue weighted by molar-refractivity contribution is -0.118. The molecule has 5 nitrogen and oxygen atoms in total. The maximum absolute atomic E-state index is 11.1. The Hall–Kier alpha value is -2.82.